The van der Waals surface area contributed by atoms with Crippen molar-refractivity contribution < 1.29 is 10.2 Å². The third kappa shape index (κ3) is 2.86. The lowest BCUT2D eigenvalue weighted by molar-refractivity contribution is 0.400. The molecule has 2 rings (SSSR count). The third-order valence-electron chi connectivity index (χ3n) is 2.38. The lowest BCUT2D eigenvalue weighted by atomic mass is 10.2. The molecule has 0 unspecified atom stereocenters. The standard InChI is InChI=1S/C13H10Cl2O2S/c1-7-4-9(6-12(16)13(7)17)18-8-2-3-10(14)11(15)5-8/h2-6,16-17H,1H3. The van der Waals surface area contributed by atoms with E-state index in [1.165, 1.54) is 17.8 Å². The van der Waals surface area contributed by atoms with E-state index in [0.29, 0.717) is 15.6 Å². The Hall–Kier alpha value is -1.03. The number of aryl methyl sites for hydroxylation is 1. The van der Waals surface area contributed by atoms with Crippen molar-refractivity contribution in [2.24, 2.45) is 0 Å². The molecule has 2 nitrogen and oxygen atoms in total. The molecular weight excluding hydrogens is 291 g/mol. The van der Waals surface area contributed by atoms with Gasteiger partial charge in [-0.05, 0) is 42.8 Å². The van der Waals surface area contributed by atoms with Crippen molar-refractivity contribution in [2.45, 2.75) is 16.7 Å². The predicted molar refractivity (Wildman–Crippen MR) is 75.1 cm³/mol. The molecule has 5 heteroatoms. The minimum atomic E-state index is -0.127. The van der Waals surface area contributed by atoms with Crippen LogP contribution in [0.1, 0.15) is 5.56 Å². The quantitative estimate of drug-likeness (QED) is 0.778. The van der Waals surface area contributed by atoms with Crippen molar-refractivity contribution in [3.05, 3.63) is 45.9 Å². The zero-order chi connectivity index (χ0) is 13.3. The molecule has 0 heterocycles. The van der Waals surface area contributed by atoms with Crippen LogP contribution in [0.25, 0.3) is 0 Å². The molecule has 0 bridgehead atoms. The molecule has 0 aliphatic heterocycles. The maximum atomic E-state index is 9.55. The highest BCUT2D eigenvalue weighted by Crippen LogP contribution is 2.38. The van der Waals surface area contributed by atoms with Gasteiger partial charge in [-0.2, -0.15) is 0 Å². The monoisotopic (exact) mass is 300 g/mol. The lowest BCUT2D eigenvalue weighted by Gasteiger charge is -2.07. The molecule has 2 N–H and O–H groups in total. The zero-order valence-electron chi connectivity index (χ0n) is 9.45. The highest BCUT2D eigenvalue weighted by Gasteiger charge is 2.07. The van der Waals surface area contributed by atoms with Crippen LogP contribution < -0.4 is 0 Å². The van der Waals surface area contributed by atoms with Gasteiger partial charge in [-0.15, -0.1) is 0 Å². The first kappa shape index (κ1) is 13.4. The molecular formula is C13H10Cl2O2S. The third-order valence-corrected chi connectivity index (χ3v) is 4.08. The van der Waals surface area contributed by atoms with Crippen molar-refractivity contribution in [3.8, 4) is 11.5 Å². The second-order valence-corrected chi connectivity index (χ2v) is 5.75. The summed E-state index contributed by atoms with van der Waals surface area (Å²) in [5, 5.41) is 20.0. The average Bonchev–Trinajstić information content (AvgIpc) is 2.31. The number of hydrogen-bond acceptors (Lipinski definition) is 3. The Kier molecular flexibility index (Phi) is 3.95. The molecule has 0 saturated carbocycles. The molecule has 2 aromatic carbocycles. The normalized spacial score (nSPS) is 10.6. The van der Waals surface area contributed by atoms with Crippen LogP contribution in [0.5, 0.6) is 11.5 Å². The van der Waals surface area contributed by atoms with Gasteiger partial charge < -0.3 is 10.2 Å². The number of rotatable bonds is 2. The van der Waals surface area contributed by atoms with Gasteiger partial charge in [0.05, 0.1) is 10.0 Å². The number of halogens is 2. The number of phenols is 2. The largest absolute Gasteiger partial charge is 0.504 e. The molecule has 18 heavy (non-hydrogen) atoms. The van der Waals surface area contributed by atoms with Crippen molar-refractivity contribution in [1.29, 1.82) is 0 Å². The summed E-state index contributed by atoms with van der Waals surface area (Å²) in [6.07, 6.45) is 0. The van der Waals surface area contributed by atoms with Gasteiger partial charge in [-0.1, -0.05) is 35.0 Å². The first-order valence-electron chi connectivity index (χ1n) is 5.13. The lowest BCUT2D eigenvalue weighted by Crippen LogP contribution is -1.80. The van der Waals surface area contributed by atoms with Gasteiger partial charge in [-0.25, -0.2) is 0 Å². The summed E-state index contributed by atoms with van der Waals surface area (Å²) in [6, 6.07) is 8.63. The fourth-order valence-corrected chi connectivity index (χ4v) is 2.82. The summed E-state index contributed by atoms with van der Waals surface area (Å²) in [7, 11) is 0. The first-order chi connectivity index (χ1) is 8.47. The second kappa shape index (κ2) is 5.31. The topological polar surface area (TPSA) is 40.5 Å². The van der Waals surface area contributed by atoms with Crippen LogP contribution in [-0.4, -0.2) is 10.2 Å². The fourth-order valence-electron chi connectivity index (χ4n) is 1.46. The maximum Gasteiger partial charge on any atom is 0.160 e. The Balaban J connectivity index is 2.31. The minimum Gasteiger partial charge on any atom is -0.504 e. The smallest absolute Gasteiger partial charge is 0.160 e. The summed E-state index contributed by atoms with van der Waals surface area (Å²) in [4.78, 5) is 1.73. The Bertz CT molecular complexity index is 577. The molecule has 0 radical (unpaired) electrons. The summed E-state index contributed by atoms with van der Waals surface area (Å²) >= 11 is 13.2. The number of hydrogen-bond donors (Lipinski definition) is 2. The number of aromatic hydroxyl groups is 2. The van der Waals surface area contributed by atoms with Crippen LogP contribution in [0.15, 0.2) is 40.1 Å². The molecule has 0 aliphatic carbocycles. The molecule has 0 amide bonds. The fraction of sp³-hybridized carbons (Fsp3) is 0.0769. The van der Waals surface area contributed by atoms with Crippen LogP contribution in [0.4, 0.5) is 0 Å². The minimum absolute atomic E-state index is 0.0894. The Morgan fingerprint density at radius 3 is 2.28 bits per heavy atom. The SMILES string of the molecule is Cc1cc(Sc2ccc(Cl)c(Cl)c2)cc(O)c1O. The average molecular weight is 301 g/mol. The Morgan fingerprint density at radius 2 is 1.67 bits per heavy atom. The highest BCUT2D eigenvalue weighted by atomic mass is 35.5. The highest BCUT2D eigenvalue weighted by molar-refractivity contribution is 7.99. The second-order valence-electron chi connectivity index (χ2n) is 3.79. The molecule has 0 aliphatic rings. The van der Waals surface area contributed by atoms with Gasteiger partial charge in [0.2, 0.25) is 0 Å². The molecule has 0 atom stereocenters. The van der Waals surface area contributed by atoms with Crippen molar-refractivity contribution in [1.82, 2.24) is 0 Å². The van der Waals surface area contributed by atoms with Gasteiger partial charge in [-0.3, -0.25) is 0 Å². The van der Waals surface area contributed by atoms with E-state index >= 15 is 0 Å². The molecule has 2 aromatic rings. The predicted octanol–water partition coefficient (Wildman–Crippen LogP) is 4.86. The van der Waals surface area contributed by atoms with Crippen molar-refractivity contribution in [2.75, 3.05) is 0 Å². The van der Waals surface area contributed by atoms with E-state index in [0.717, 1.165) is 9.79 Å². The van der Waals surface area contributed by atoms with Crippen LogP contribution in [0.3, 0.4) is 0 Å². The van der Waals surface area contributed by atoms with Crippen LogP contribution >= 0.6 is 35.0 Å². The zero-order valence-corrected chi connectivity index (χ0v) is 11.8. The van der Waals surface area contributed by atoms with Crippen LogP contribution in [-0.2, 0) is 0 Å². The van der Waals surface area contributed by atoms with Crippen LogP contribution in [0, 0.1) is 6.92 Å². The Labute approximate surface area is 119 Å². The van der Waals surface area contributed by atoms with Crippen molar-refractivity contribution in [3.63, 3.8) is 0 Å². The number of phenolic OH excluding ortho intramolecular Hbond substituents is 2. The molecule has 0 saturated heterocycles. The van der Waals surface area contributed by atoms with Gasteiger partial charge in [0.25, 0.3) is 0 Å². The van der Waals surface area contributed by atoms with Gasteiger partial charge >= 0.3 is 0 Å². The van der Waals surface area contributed by atoms with Crippen LogP contribution in [0.2, 0.25) is 10.0 Å². The summed E-state index contributed by atoms with van der Waals surface area (Å²) in [6.45, 7) is 1.73. The molecule has 0 spiro atoms. The van der Waals surface area contributed by atoms with Gasteiger partial charge in [0.1, 0.15) is 0 Å². The van der Waals surface area contributed by atoms with E-state index < -0.39 is 0 Å². The summed E-state index contributed by atoms with van der Waals surface area (Å²) < 4.78 is 0. The number of benzene rings is 2. The molecule has 94 valence electrons. The van der Waals surface area contributed by atoms with E-state index in [2.05, 4.69) is 0 Å². The molecule has 0 fully saturated rings. The first-order valence-corrected chi connectivity index (χ1v) is 6.70. The van der Waals surface area contributed by atoms with E-state index in [4.69, 9.17) is 23.2 Å². The molecule has 0 aromatic heterocycles. The van der Waals surface area contributed by atoms with E-state index in [9.17, 15) is 10.2 Å². The Morgan fingerprint density at radius 1 is 0.944 bits per heavy atom. The van der Waals surface area contributed by atoms with E-state index in [1.54, 1.807) is 25.1 Å². The maximum absolute atomic E-state index is 9.55. The van der Waals surface area contributed by atoms with Gasteiger partial charge in [0.15, 0.2) is 11.5 Å². The van der Waals surface area contributed by atoms with Crippen molar-refractivity contribution >= 4 is 35.0 Å². The summed E-state index contributed by atoms with van der Waals surface area (Å²) in [5.41, 5.74) is 0.623. The van der Waals surface area contributed by atoms with Gasteiger partial charge in [0, 0.05) is 9.79 Å². The van der Waals surface area contributed by atoms with E-state index in [-0.39, 0.29) is 11.5 Å². The summed E-state index contributed by atoms with van der Waals surface area (Å²) in [5.74, 6) is -0.217. The van der Waals surface area contributed by atoms with E-state index in [1.807, 2.05) is 6.07 Å².